The smallest absolute Gasteiger partial charge is 0.323 e. The van der Waals surface area contributed by atoms with Gasteiger partial charge >= 0.3 is 6.03 Å². The first-order chi connectivity index (χ1) is 9.58. The molecule has 2 aromatic carbocycles. The Balaban J connectivity index is 2.05. The van der Waals surface area contributed by atoms with Crippen molar-refractivity contribution < 1.29 is 9.53 Å². The number of methoxy groups -OCH3 is 1. The van der Waals surface area contributed by atoms with Gasteiger partial charge in [-0.3, -0.25) is 0 Å². The summed E-state index contributed by atoms with van der Waals surface area (Å²) < 4.78 is 5.95. The van der Waals surface area contributed by atoms with Crippen molar-refractivity contribution in [3.05, 3.63) is 46.9 Å². The fourth-order valence-electron chi connectivity index (χ4n) is 1.63. The average Bonchev–Trinajstić information content (AvgIpc) is 2.42. The van der Waals surface area contributed by atoms with Gasteiger partial charge in [-0.1, -0.05) is 22.0 Å². The number of amides is 2. The number of ether oxygens (including phenoxy) is 1. The SMILES string of the molecule is COc1cccc(NC(=O)Nc2ccc(Br)cc2N)c1. The van der Waals surface area contributed by atoms with E-state index in [9.17, 15) is 4.79 Å². The molecule has 0 unspecified atom stereocenters. The third kappa shape index (κ3) is 3.64. The quantitative estimate of drug-likeness (QED) is 0.748. The first-order valence-electron chi connectivity index (χ1n) is 5.85. The summed E-state index contributed by atoms with van der Waals surface area (Å²) in [5.74, 6) is 0.672. The Morgan fingerprint density at radius 1 is 1.20 bits per heavy atom. The molecule has 2 rings (SSSR count). The maximum absolute atomic E-state index is 11.9. The van der Waals surface area contributed by atoms with E-state index in [-0.39, 0.29) is 6.03 Å². The molecule has 0 bridgehead atoms. The number of carbonyl (C=O) groups excluding carboxylic acids is 1. The largest absolute Gasteiger partial charge is 0.497 e. The van der Waals surface area contributed by atoms with Gasteiger partial charge in [-0.2, -0.15) is 0 Å². The maximum Gasteiger partial charge on any atom is 0.323 e. The molecule has 0 aliphatic carbocycles. The monoisotopic (exact) mass is 335 g/mol. The molecular weight excluding hydrogens is 322 g/mol. The molecule has 2 aromatic rings. The summed E-state index contributed by atoms with van der Waals surface area (Å²) in [6, 6.07) is 12.0. The molecule has 0 saturated carbocycles. The zero-order valence-corrected chi connectivity index (χ0v) is 12.4. The maximum atomic E-state index is 11.9. The summed E-state index contributed by atoms with van der Waals surface area (Å²) >= 11 is 3.31. The number of benzene rings is 2. The van der Waals surface area contributed by atoms with Crippen LogP contribution < -0.4 is 21.1 Å². The van der Waals surface area contributed by atoms with Gasteiger partial charge in [0.15, 0.2) is 0 Å². The number of halogens is 1. The van der Waals surface area contributed by atoms with Gasteiger partial charge in [0.25, 0.3) is 0 Å². The van der Waals surface area contributed by atoms with Crippen LogP contribution in [0.1, 0.15) is 0 Å². The lowest BCUT2D eigenvalue weighted by Gasteiger charge is -2.10. The zero-order valence-electron chi connectivity index (χ0n) is 10.8. The van der Waals surface area contributed by atoms with Crippen molar-refractivity contribution in [1.82, 2.24) is 0 Å². The Morgan fingerprint density at radius 3 is 2.70 bits per heavy atom. The van der Waals surface area contributed by atoms with Crippen LogP contribution in [-0.4, -0.2) is 13.1 Å². The van der Waals surface area contributed by atoms with Gasteiger partial charge in [0.05, 0.1) is 18.5 Å². The van der Waals surface area contributed by atoms with Crippen molar-refractivity contribution in [2.75, 3.05) is 23.5 Å². The number of nitrogens with one attached hydrogen (secondary N) is 2. The molecule has 0 saturated heterocycles. The van der Waals surface area contributed by atoms with Crippen LogP contribution in [0, 0.1) is 0 Å². The van der Waals surface area contributed by atoms with Crippen LogP contribution in [-0.2, 0) is 0 Å². The van der Waals surface area contributed by atoms with Crippen molar-refractivity contribution in [3.8, 4) is 5.75 Å². The predicted octanol–water partition coefficient (Wildman–Crippen LogP) is 3.68. The third-order valence-corrected chi connectivity index (χ3v) is 3.08. The fraction of sp³-hybridized carbons (Fsp3) is 0.0714. The highest BCUT2D eigenvalue weighted by Gasteiger charge is 2.06. The fourth-order valence-corrected chi connectivity index (χ4v) is 2.01. The molecule has 0 aliphatic rings. The van der Waals surface area contributed by atoms with Gasteiger partial charge in [-0.25, -0.2) is 4.79 Å². The van der Waals surface area contributed by atoms with Gasteiger partial charge < -0.3 is 21.1 Å². The lowest BCUT2D eigenvalue weighted by atomic mass is 10.2. The van der Waals surface area contributed by atoms with E-state index in [4.69, 9.17) is 10.5 Å². The molecule has 104 valence electrons. The van der Waals surface area contributed by atoms with Crippen molar-refractivity contribution in [1.29, 1.82) is 0 Å². The summed E-state index contributed by atoms with van der Waals surface area (Å²) in [4.78, 5) is 11.9. The number of carbonyl (C=O) groups is 1. The van der Waals surface area contributed by atoms with E-state index in [0.717, 1.165) is 4.47 Å². The summed E-state index contributed by atoms with van der Waals surface area (Å²) in [6.07, 6.45) is 0. The predicted molar refractivity (Wildman–Crippen MR) is 84.2 cm³/mol. The molecule has 5 nitrogen and oxygen atoms in total. The van der Waals surface area contributed by atoms with Crippen LogP contribution >= 0.6 is 15.9 Å². The minimum absolute atomic E-state index is 0.368. The lowest BCUT2D eigenvalue weighted by molar-refractivity contribution is 0.262. The molecule has 0 aliphatic heterocycles. The normalized spacial score (nSPS) is 9.90. The Labute approximate surface area is 125 Å². The molecule has 0 aromatic heterocycles. The number of rotatable bonds is 3. The number of nitrogens with two attached hydrogens (primary N) is 1. The second kappa shape index (κ2) is 6.29. The summed E-state index contributed by atoms with van der Waals surface area (Å²) in [6.45, 7) is 0. The highest BCUT2D eigenvalue weighted by Crippen LogP contribution is 2.23. The molecule has 0 heterocycles. The van der Waals surface area contributed by atoms with Crippen molar-refractivity contribution in [3.63, 3.8) is 0 Å². The van der Waals surface area contributed by atoms with E-state index in [0.29, 0.717) is 22.8 Å². The van der Waals surface area contributed by atoms with E-state index in [1.54, 1.807) is 49.6 Å². The van der Waals surface area contributed by atoms with Gasteiger partial charge in [-0.15, -0.1) is 0 Å². The molecule has 6 heteroatoms. The molecule has 0 fully saturated rings. The van der Waals surface area contributed by atoms with Crippen molar-refractivity contribution >= 4 is 39.0 Å². The van der Waals surface area contributed by atoms with Gasteiger partial charge in [-0.05, 0) is 30.3 Å². The minimum Gasteiger partial charge on any atom is -0.497 e. The Bertz CT molecular complexity index is 632. The van der Waals surface area contributed by atoms with Crippen LogP contribution in [0.15, 0.2) is 46.9 Å². The Hall–Kier alpha value is -2.21. The van der Waals surface area contributed by atoms with Crippen molar-refractivity contribution in [2.45, 2.75) is 0 Å². The molecule has 0 atom stereocenters. The van der Waals surface area contributed by atoms with E-state index in [2.05, 4.69) is 26.6 Å². The summed E-state index contributed by atoms with van der Waals surface area (Å²) in [5, 5.41) is 5.40. The van der Waals surface area contributed by atoms with E-state index in [1.807, 2.05) is 0 Å². The van der Waals surface area contributed by atoms with Crippen LogP contribution in [0.2, 0.25) is 0 Å². The number of hydrogen-bond acceptors (Lipinski definition) is 3. The van der Waals surface area contributed by atoms with E-state index in [1.165, 1.54) is 0 Å². The van der Waals surface area contributed by atoms with Crippen LogP contribution in [0.3, 0.4) is 0 Å². The number of hydrogen-bond donors (Lipinski definition) is 3. The molecule has 0 spiro atoms. The minimum atomic E-state index is -0.368. The molecular formula is C14H14BrN3O2. The second-order valence-corrected chi connectivity index (χ2v) is 4.96. The van der Waals surface area contributed by atoms with Crippen LogP contribution in [0.5, 0.6) is 5.75 Å². The standard InChI is InChI=1S/C14H14BrN3O2/c1-20-11-4-2-3-10(8-11)17-14(19)18-13-6-5-9(15)7-12(13)16/h2-8H,16H2,1H3,(H2,17,18,19). The molecule has 2 amide bonds. The summed E-state index contributed by atoms with van der Waals surface area (Å²) in [5.41, 5.74) is 7.49. The highest BCUT2D eigenvalue weighted by atomic mass is 79.9. The highest BCUT2D eigenvalue weighted by molar-refractivity contribution is 9.10. The third-order valence-electron chi connectivity index (χ3n) is 2.59. The van der Waals surface area contributed by atoms with E-state index < -0.39 is 0 Å². The first-order valence-corrected chi connectivity index (χ1v) is 6.65. The summed E-state index contributed by atoms with van der Waals surface area (Å²) in [7, 11) is 1.57. The number of nitrogen functional groups attached to an aromatic ring is 1. The second-order valence-electron chi connectivity index (χ2n) is 4.04. The zero-order chi connectivity index (χ0) is 14.5. The molecule has 20 heavy (non-hydrogen) atoms. The number of anilines is 3. The van der Waals surface area contributed by atoms with Crippen LogP contribution in [0.25, 0.3) is 0 Å². The number of urea groups is 1. The van der Waals surface area contributed by atoms with E-state index >= 15 is 0 Å². The average molecular weight is 336 g/mol. The topological polar surface area (TPSA) is 76.4 Å². The lowest BCUT2D eigenvalue weighted by Crippen LogP contribution is -2.20. The Morgan fingerprint density at radius 2 is 2.00 bits per heavy atom. The molecule has 4 N–H and O–H groups in total. The Kier molecular flexibility index (Phi) is 4.47. The first kappa shape index (κ1) is 14.2. The van der Waals surface area contributed by atoms with Gasteiger partial charge in [0.2, 0.25) is 0 Å². The van der Waals surface area contributed by atoms with Crippen molar-refractivity contribution in [2.24, 2.45) is 0 Å². The van der Waals surface area contributed by atoms with Gasteiger partial charge in [0, 0.05) is 16.2 Å². The van der Waals surface area contributed by atoms with Gasteiger partial charge in [0.1, 0.15) is 5.75 Å². The molecule has 0 radical (unpaired) electrons. The van der Waals surface area contributed by atoms with Crippen LogP contribution in [0.4, 0.5) is 21.9 Å².